The number of para-hydroxylation sites is 1. The van der Waals surface area contributed by atoms with E-state index >= 15 is 0 Å². The second kappa shape index (κ2) is 6.48. The second-order valence-electron chi connectivity index (χ2n) is 6.34. The molecule has 0 radical (unpaired) electrons. The van der Waals surface area contributed by atoms with Gasteiger partial charge in [0, 0.05) is 28.8 Å². The first kappa shape index (κ1) is 16.1. The normalized spacial score (nSPS) is 16.0. The Morgan fingerprint density at radius 3 is 2.80 bits per heavy atom. The summed E-state index contributed by atoms with van der Waals surface area (Å²) in [4.78, 5) is 25.1. The van der Waals surface area contributed by atoms with Crippen molar-refractivity contribution in [3.05, 3.63) is 65.6 Å². The van der Waals surface area contributed by atoms with E-state index in [1.54, 1.807) is 16.7 Å². The summed E-state index contributed by atoms with van der Waals surface area (Å²) in [5.41, 5.74) is 3.01. The molecule has 0 unspecified atom stereocenters. The number of likely N-dealkylation sites (N-methyl/N-ethyl adjacent to an activating group) is 1. The highest BCUT2D eigenvalue weighted by atomic mass is 32.2. The van der Waals surface area contributed by atoms with Gasteiger partial charge in [0.2, 0.25) is 5.91 Å². The van der Waals surface area contributed by atoms with Crippen molar-refractivity contribution in [3.8, 4) is 0 Å². The summed E-state index contributed by atoms with van der Waals surface area (Å²) in [5, 5.41) is 1.06. The molecule has 5 heteroatoms. The lowest BCUT2D eigenvalue weighted by atomic mass is 10.00. The number of rotatable bonds is 3. The van der Waals surface area contributed by atoms with Crippen molar-refractivity contribution in [1.82, 2.24) is 14.9 Å². The van der Waals surface area contributed by atoms with Crippen molar-refractivity contribution in [2.45, 2.75) is 24.3 Å². The Hall–Kier alpha value is -2.40. The Morgan fingerprint density at radius 1 is 1.16 bits per heavy atom. The molecule has 126 valence electrons. The number of thioether (sulfide) groups is 1. The number of benzene rings is 2. The third-order valence-corrected chi connectivity index (χ3v) is 5.78. The molecule has 0 saturated heterocycles. The van der Waals surface area contributed by atoms with E-state index < -0.39 is 0 Å². The van der Waals surface area contributed by atoms with Crippen LogP contribution in [0.25, 0.3) is 10.9 Å². The van der Waals surface area contributed by atoms with E-state index in [1.807, 2.05) is 50.4 Å². The van der Waals surface area contributed by atoms with Crippen molar-refractivity contribution in [2.24, 2.45) is 0 Å². The highest BCUT2D eigenvalue weighted by molar-refractivity contribution is 7.99. The quantitative estimate of drug-likeness (QED) is 0.722. The molecule has 1 aliphatic rings. The zero-order valence-corrected chi connectivity index (χ0v) is 15.1. The molecule has 4 nitrogen and oxygen atoms in total. The standard InChI is InChI=1S/C20H19N3OS/c1-13-14-7-3-5-9-17(14)22-19(21-13)11-23(2)20(24)16-12-25-18-10-6-4-8-15(16)18/h3-10,16H,11-12H2,1-2H3/t16-/m1/s1. The molecule has 0 N–H and O–H groups in total. The number of hydrogen-bond donors (Lipinski definition) is 0. The highest BCUT2D eigenvalue weighted by Crippen LogP contribution is 2.40. The van der Waals surface area contributed by atoms with Crippen LogP contribution in [0.3, 0.4) is 0 Å². The van der Waals surface area contributed by atoms with Crippen LogP contribution in [0.15, 0.2) is 53.4 Å². The Bertz CT molecular complexity index is 957. The van der Waals surface area contributed by atoms with Crippen molar-refractivity contribution in [3.63, 3.8) is 0 Å². The Morgan fingerprint density at radius 2 is 1.92 bits per heavy atom. The Labute approximate surface area is 151 Å². The van der Waals surface area contributed by atoms with Crippen LogP contribution >= 0.6 is 11.8 Å². The summed E-state index contributed by atoms with van der Waals surface area (Å²) in [7, 11) is 1.84. The topological polar surface area (TPSA) is 46.1 Å². The van der Waals surface area contributed by atoms with Gasteiger partial charge in [-0.25, -0.2) is 9.97 Å². The van der Waals surface area contributed by atoms with Gasteiger partial charge in [0.15, 0.2) is 0 Å². The lowest BCUT2D eigenvalue weighted by Gasteiger charge is -2.21. The Kier molecular flexibility index (Phi) is 4.17. The van der Waals surface area contributed by atoms with Gasteiger partial charge in [-0.05, 0) is 24.6 Å². The first-order valence-corrected chi connectivity index (χ1v) is 9.31. The second-order valence-corrected chi connectivity index (χ2v) is 7.40. The summed E-state index contributed by atoms with van der Waals surface area (Å²) in [6.07, 6.45) is 0. The van der Waals surface area contributed by atoms with Crippen LogP contribution in [-0.2, 0) is 11.3 Å². The molecule has 1 aliphatic heterocycles. The fourth-order valence-electron chi connectivity index (χ4n) is 3.29. The number of carbonyl (C=O) groups excluding carboxylic acids is 1. The minimum atomic E-state index is -0.0762. The lowest BCUT2D eigenvalue weighted by Crippen LogP contribution is -2.32. The minimum Gasteiger partial charge on any atom is -0.338 e. The number of aromatic nitrogens is 2. The average molecular weight is 349 g/mol. The molecule has 2 aromatic carbocycles. The van der Waals surface area contributed by atoms with E-state index in [0.29, 0.717) is 12.4 Å². The fourth-order valence-corrected chi connectivity index (χ4v) is 4.51. The van der Waals surface area contributed by atoms with Crippen LogP contribution in [0.2, 0.25) is 0 Å². The average Bonchev–Trinajstić information content (AvgIpc) is 3.05. The first-order valence-electron chi connectivity index (χ1n) is 8.32. The van der Waals surface area contributed by atoms with Gasteiger partial charge in [0.25, 0.3) is 0 Å². The zero-order valence-electron chi connectivity index (χ0n) is 14.3. The summed E-state index contributed by atoms with van der Waals surface area (Å²) in [5.74, 6) is 1.55. The molecule has 0 saturated carbocycles. The first-order chi connectivity index (χ1) is 12.1. The third-order valence-electron chi connectivity index (χ3n) is 4.59. The number of carbonyl (C=O) groups is 1. The molecule has 25 heavy (non-hydrogen) atoms. The minimum absolute atomic E-state index is 0.0762. The SMILES string of the molecule is Cc1nc(CN(C)C(=O)[C@@H]2CSc3ccccc32)nc2ccccc12. The molecule has 3 aromatic rings. The number of fused-ring (bicyclic) bond motifs is 2. The highest BCUT2D eigenvalue weighted by Gasteiger charge is 2.31. The largest absolute Gasteiger partial charge is 0.338 e. The van der Waals surface area contributed by atoms with Gasteiger partial charge in [0.05, 0.1) is 18.0 Å². The zero-order chi connectivity index (χ0) is 17.4. The predicted octanol–water partition coefficient (Wildman–Crippen LogP) is 3.79. The molecular weight excluding hydrogens is 330 g/mol. The van der Waals surface area contributed by atoms with Crippen LogP contribution in [0.5, 0.6) is 0 Å². The van der Waals surface area contributed by atoms with E-state index in [0.717, 1.165) is 27.9 Å². The van der Waals surface area contributed by atoms with Crippen LogP contribution in [0.1, 0.15) is 23.0 Å². The van der Waals surface area contributed by atoms with Crippen molar-refractivity contribution >= 4 is 28.6 Å². The fraction of sp³-hybridized carbons (Fsp3) is 0.250. The van der Waals surface area contributed by atoms with Gasteiger partial charge < -0.3 is 4.90 Å². The van der Waals surface area contributed by atoms with Crippen LogP contribution in [0, 0.1) is 6.92 Å². The number of nitrogens with zero attached hydrogens (tertiary/aromatic N) is 3. The monoisotopic (exact) mass is 349 g/mol. The molecule has 0 fully saturated rings. The van der Waals surface area contributed by atoms with E-state index in [1.165, 1.54) is 4.90 Å². The molecular formula is C20H19N3OS. The predicted molar refractivity (Wildman–Crippen MR) is 101 cm³/mol. The summed E-state index contributed by atoms with van der Waals surface area (Å²) < 4.78 is 0. The molecule has 0 spiro atoms. The molecule has 1 aromatic heterocycles. The summed E-state index contributed by atoms with van der Waals surface area (Å²) >= 11 is 1.75. The molecule has 4 rings (SSSR count). The van der Waals surface area contributed by atoms with Crippen molar-refractivity contribution in [2.75, 3.05) is 12.8 Å². The molecule has 1 atom stereocenters. The van der Waals surface area contributed by atoms with Crippen LogP contribution < -0.4 is 0 Å². The van der Waals surface area contributed by atoms with E-state index in [9.17, 15) is 4.79 Å². The van der Waals surface area contributed by atoms with Crippen LogP contribution in [-0.4, -0.2) is 33.6 Å². The van der Waals surface area contributed by atoms with Gasteiger partial charge in [-0.15, -0.1) is 11.8 Å². The maximum atomic E-state index is 12.9. The molecule has 0 aliphatic carbocycles. The molecule has 2 heterocycles. The van der Waals surface area contributed by atoms with Gasteiger partial charge in [-0.3, -0.25) is 4.79 Å². The smallest absolute Gasteiger partial charge is 0.231 e. The summed E-state index contributed by atoms with van der Waals surface area (Å²) in [6, 6.07) is 16.1. The van der Waals surface area contributed by atoms with Gasteiger partial charge in [-0.1, -0.05) is 36.4 Å². The maximum absolute atomic E-state index is 12.9. The Balaban J connectivity index is 1.56. The van der Waals surface area contributed by atoms with E-state index in [4.69, 9.17) is 0 Å². The maximum Gasteiger partial charge on any atom is 0.231 e. The third kappa shape index (κ3) is 3.00. The number of hydrogen-bond acceptors (Lipinski definition) is 4. The number of amides is 1. The van der Waals surface area contributed by atoms with E-state index in [2.05, 4.69) is 22.1 Å². The van der Waals surface area contributed by atoms with Crippen LogP contribution in [0.4, 0.5) is 0 Å². The molecule has 1 amide bonds. The lowest BCUT2D eigenvalue weighted by molar-refractivity contribution is -0.131. The number of aryl methyl sites for hydroxylation is 1. The van der Waals surface area contributed by atoms with Gasteiger partial charge in [0.1, 0.15) is 5.82 Å². The van der Waals surface area contributed by atoms with Crippen molar-refractivity contribution < 1.29 is 4.79 Å². The van der Waals surface area contributed by atoms with E-state index in [-0.39, 0.29) is 11.8 Å². The van der Waals surface area contributed by atoms with Gasteiger partial charge in [-0.2, -0.15) is 0 Å². The van der Waals surface area contributed by atoms with Gasteiger partial charge >= 0.3 is 0 Å². The van der Waals surface area contributed by atoms with Crippen molar-refractivity contribution in [1.29, 1.82) is 0 Å². The summed E-state index contributed by atoms with van der Waals surface area (Å²) in [6.45, 7) is 2.41. The molecule has 0 bridgehead atoms.